The molecule has 27 heavy (non-hydrogen) atoms. The first-order chi connectivity index (χ1) is 13.0. The molecule has 0 spiro atoms. The maximum Gasteiger partial charge on any atom is 0.310 e. The minimum atomic E-state index is -0.325. The van der Waals surface area contributed by atoms with Crippen LogP contribution in [0.15, 0.2) is 63.8 Å². The van der Waals surface area contributed by atoms with Crippen molar-refractivity contribution in [3.05, 3.63) is 70.4 Å². The zero-order chi connectivity index (χ0) is 19.2. The minimum Gasteiger partial charge on any atom is -0.465 e. The maximum absolute atomic E-state index is 12.5. The van der Waals surface area contributed by atoms with E-state index in [1.165, 1.54) is 6.07 Å². The van der Waals surface area contributed by atoms with Crippen LogP contribution < -0.4 is 5.43 Å². The highest BCUT2D eigenvalue weighted by Crippen LogP contribution is 2.24. The molecule has 0 atom stereocenters. The van der Waals surface area contributed by atoms with Gasteiger partial charge in [0.1, 0.15) is 11.3 Å². The second kappa shape index (κ2) is 8.64. The first-order valence-corrected chi connectivity index (χ1v) is 8.96. The topological polar surface area (TPSA) is 59.8 Å². The third kappa shape index (κ3) is 4.83. The molecule has 0 aliphatic carbocycles. The molecule has 1 aromatic heterocycles. The van der Waals surface area contributed by atoms with Crippen molar-refractivity contribution in [2.24, 2.45) is 0 Å². The average Bonchev–Trinajstić information content (AvgIpc) is 2.66. The zero-order valence-electron chi connectivity index (χ0n) is 15.6. The van der Waals surface area contributed by atoms with E-state index in [2.05, 4.69) is 0 Å². The van der Waals surface area contributed by atoms with Gasteiger partial charge in [-0.3, -0.25) is 9.59 Å². The van der Waals surface area contributed by atoms with E-state index in [4.69, 9.17) is 9.15 Å². The number of hydrogen-bond donors (Lipinski definition) is 0. The molecule has 0 N–H and O–H groups in total. The van der Waals surface area contributed by atoms with Gasteiger partial charge in [-0.15, -0.1) is 0 Å². The molecule has 5 nitrogen and oxygen atoms in total. The van der Waals surface area contributed by atoms with Crippen molar-refractivity contribution < 1.29 is 13.9 Å². The lowest BCUT2D eigenvalue weighted by atomic mass is 10.1. The Labute approximate surface area is 158 Å². The molecule has 0 amide bonds. The number of benzene rings is 2. The first kappa shape index (κ1) is 18.9. The smallest absolute Gasteiger partial charge is 0.310 e. The summed E-state index contributed by atoms with van der Waals surface area (Å²) in [4.78, 5) is 26.7. The van der Waals surface area contributed by atoms with Gasteiger partial charge in [0.25, 0.3) is 0 Å². The van der Waals surface area contributed by atoms with Crippen molar-refractivity contribution in [3.63, 3.8) is 0 Å². The summed E-state index contributed by atoms with van der Waals surface area (Å²) in [6.45, 7) is 1.23. The van der Waals surface area contributed by atoms with Crippen LogP contribution in [0.5, 0.6) is 0 Å². The summed E-state index contributed by atoms with van der Waals surface area (Å²) < 4.78 is 11.3. The van der Waals surface area contributed by atoms with Crippen molar-refractivity contribution in [1.82, 2.24) is 4.90 Å². The highest BCUT2D eigenvalue weighted by atomic mass is 16.5. The summed E-state index contributed by atoms with van der Waals surface area (Å²) in [5.41, 5.74) is 1.78. The van der Waals surface area contributed by atoms with Crippen molar-refractivity contribution in [2.75, 3.05) is 27.2 Å². The zero-order valence-corrected chi connectivity index (χ0v) is 15.6. The van der Waals surface area contributed by atoms with Gasteiger partial charge < -0.3 is 14.1 Å². The van der Waals surface area contributed by atoms with Gasteiger partial charge in [0.15, 0.2) is 5.43 Å². The van der Waals surface area contributed by atoms with Crippen LogP contribution in [0.25, 0.3) is 22.3 Å². The Morgan fingerprint density at radius 3 is 2.59 bits per heavy atom. The van der Waals surface area contributed by atoms with Crippen LogP contribution in [0, 0.1) is 0 Å². The van der Waals surface area contributed by atoms with Crippen molar-refractivity contribution in [3.8, 4) is 11.3 Å². The van der Waals surface area contributed by atoms with Crippen LogP contribution in [0.3, 0.4) is 0 Å². The standard InChI is InChI=1S/C22H23NO4/c1-23(2)12-7-13-26-21(25)14-17-10-6-11-18-19(24)15-20(27-22(17)18)16-8-4-3-5-9-16/h3-6,8-11,15H,7,12-14H2,1-2H3. The molecule has 2 aromatic carbocycles. The van der Waals surface area contributed by atoms with Crippen LogP contribution in [0.1, 0.15) is 12.0 Å². The van der Waals surface area contributed by atoms with Crippen LogP contribution in [-0.4, -0.2) is 38.1 Å². The number of ether oxygens (including phenoxy) is 1. The van der Waals surface area contributed by atoms with Gasteiger partial charge in [0, 0.05) is 23.7 Å². The number of carbonyl (C=O) groups is 1. The molecule has 3 rings (SSSR count). The Balaban J connectivity index is 1.84. The molecular weight excluding hydrogens is 342 g/mol. The fourth-order valence-corrected chi connectivity index (χ4v) is 2.89. The van der Waals surface area contributed by atoms with E-state index in [-0.39, 0.29) is 17.8 Å². The maximum atomic E-state index is 12.5. The van der Waals surface area contributed by atoms with Crippen molar-refractivity contribution in [1.29, 1.82) is 0 Å². The van der Waals surface area contributed by atoms with E-state index >= 15 is 0 Å². The quantitative estimate of drug-likeness (QED) is 0.474. The summed E-state index contributed by atoms with van der Waals surface area (Å²) in [6, 6.07) is 16.2. The molecule has 0 bridgehead atoms. The molecule has 0 radical (unpaired) electrons. The van der Waals surface area contributed by atoms with E-state index in [1.807, 2.05) is 49.3 Å². The summed E-state index contributed by atoms with van der Waals surface area (Å²) in [6.07, 6.45) is 0.849. The van der Waals surface area contributed by atoms with Gasteiger partial charge >= 0.3 is 5.97 Å². The van der Waals surface area contributed by atoms with Crippen LogP contribution in [0.4, 0.5) is 0 Å². The first-order valence-electron chi connectivity index (χ1n) is 8.96. The average molecular weight is 365 g/mol. The van der Waals surface area contributed by atoms with Crippen molar-refractivity contribution >= 4 is 16.9 Å². The number of esters is 1. The summed E-state index contributed by atoms with van der Waals surface area (Å²) in [7, 11) is 3.95. The molecule has 1 heterocycles. The Morgan fingerprint density at radius 2 is 1.85 bits per heavy atom. The number of para-hydroxylation sites is 1. The van der Waals surface area contributed by atoms with Gasteiger partial charge in [-0.2, -0.15) is 0 Å². The van der Waals surface area contributed by atoms with Crippen molar-refractivity contribution in [2.45, 2.75) is 12.8 Å². The highest BCUT2D eigenvalue weighted by molar-refractivity contribution is 5.85. The molecule has 0 unspecified atom stereocenters. The molecule has 140 valence electrons. The van der Waals surface area contributed by atoms with Gasteiger partial charge in [-0.05, 0) is 26.6 Å². The van der Waals surface area contributed by atoms with Gasteiger partial charge in [0.2, 0.25) is 0 Å². The SMILES string of the molecule is CN(C)CCCOC(=O)Cc1cccc2c(=O)cc(-c3ccccc3)oc12. The second-order valence-corrected chi connectivity index (χ2v) is 6.69. The van der Waals surface area contributed by atoms with Crippen LogP contribution in [-0.2, 0) is 16.0 Å². The fourth-order valence-electron chi connectivity index (χ4n) is 2.89. The Hall–Kier alpha value is -2.92. The summed E-state index contributed by atoms with van der Waals surface area (Å²) in [5, 5.41) is 0.465. The Kier molecular flexibility index (Phi) is 6.04. The third-order valence-electron chi connectivity index (χ3n) is 4.24. The number of hydrogen-bond acceptors (Lipinski definition) is 5. The van der Waals surface area contributed by atoms with Crippen LogP contribution in [0.2, 0.25) is 0 Å². The Bertz CT molecular complexity index is 977. The minimum absolute atomic E-state index is 0.0699. The molecule has 0 aliphatic rings. The number of fused-ring (bicyclic) bond motifs is 1. The highest BCUT2D eigenvalue weighted by Gasteiger charge is 2.13. The number of nitrogens with zero attached hydrogens (tertiary/aromatic N) is 1. The van der Waals surface area contributed by atoms with Gasteiger partial charge in [-0.1, -0.05) is 42.5 Å². The third-order valence-corrected chi connectivity index (χ3v) is 4.24. The van der Waals surface area contributed by atoms with E-state index in [0.29, 0.717) is 28.9 Å². The molecular formula is C22H23NO4. The van der Waals surface area contributed by atoms with Gasteiger partial charge in [-0.25, -0.2) is 0 Å². The Morgan fingerprint density at radius 1 is 1.07 bits per heavy atom. The summed E-state index contributed by atoms with van der Waals surface area (Å²) >= 11 is 0. The predicted molar refractivity (Wildman–Crippen MR) is 106 cm³/mol. The molecule has 0 saturated carbocycles. The fraction of sp³-hybridized carbons (Fsp3) is 0.273. The molecule has 0 aliphatic heterocycles. The van der Waals surface area contributed by atoms with E-state index < -0.39 is 0 Å². The normalized spacial score (nSPS) is 11.1. The van der Waals surface area contributed by atoms with Gasteiger partial charge in [0.05, 0.1) is 18.4 Å². The molecule has 3 aromatic rings. The monoisotopic (exact) mass is 365 g/mol. The predicted octanol–water partition coefficient (Wildman–Crippen LogP) is 3.50. The summed E-state index contributed by atoms with van der Waals surface area (Å²) in [5.74, 6) is 0.161. The lowest BCUT2D eigenvalue weighted by Crippen LogP contribution is -2.17. The van der Waals surface area contributed by atoms with E-state index in [1.54, 1.807) is 18.2 Å². The van der Waals surface area contributed by atoms with E-state index in [0.717, 1.165) is 18.5 Å². The number of carbonyl (C=O) groups excluding carboxylic acids is 1. The second-order valence-electron chi connectivity index (χ2n) is 6.69. The molecule has 0 saturated heterocycles. The molecule has 5 heteroatoms. The van der Waals surface area contributed by atoms with Crippen LogP contribution >= 0.6 is 0 Å². The lowest BCUT2D eigenvalue weighted by Gasteiger charge is -2.10. The van der Waals surface area contributed by atoms with E-state index in [9.17, 15) is 9.59 Å². The largest absolute Gasteiger partial charge is 0.465 e. The number of rotatable bonds is 7. The molecule has 0 fully saturated rings. The lowest BCUT2D eigenvalue weighted by molar-refractivity contribution is -0.142.